The Morgan fingerprint density at radius 3 is 2.80 bits per heavy atom. The number of nitrogens with zero attached hydrogens (tertiary/aromatic N) is 1. The Bertz CT molecular complexity index is 616. The molecule has 0 bridgehead atoms. The number of pyridine rings is 1. The zero-order valence-corrected chi connectivity index (χ0v) is 12.9. The fourth-order valence-corrected chi connectivity index (χ4v) is 2.03. The van der Waals surface area contributed by atoms with Crippen LogP contribution in [-0.4, -0.2) is 18.1 Å². The van der Waals surface area contributed by atoms with Gasteiger partial charge in [0.25, 0.3) is 0 Å². The summed E-state index contributed by atoms with van der Waals surface area (Å²) in [4.78, 5) is 15.9. The second kappa shape index (κ2) is 6.72. The van der Waals surface area contributed by atoms with Crippen molar-refractivity contribution in [1.29, 1.82) is 0 Å². The Morgan fingerprint density at radius 1 is 1.35 bits per heavy atom. The van der Waals surface area contributed by atoms with Crippen LogP contribution in [-0.2, 0) is 11.3 Å². The summed E-state index contributed by atoms with van der Waals surface area (Å²) in [7, 11) is 1.54. The molecule has 1 aromatic heterocycles. The van der Waals surface area contributed by atoms with Crippen molar-refractivity contribution < 1.29 is 14.3 Å². The molecule has 0 spiro atoms. The lowest BCUT2D eigenvalue weighted by molar-refractivity contribution is 0.0471. The molecule has 4 nitrogen and oxygen atoms in total. The molecule has 2 aromatic rings. The van der Waals surface area contributed by atoms with Crippen LogP contribution in [0.5, 0.6) is 5.75 Å². The summed E-state index contributed by atoms with van der Waals surface area (Å²) < 4.78 is 11.0. The van der Waals surface area contributed by atoms with Crippen LogP contribution in [0.2, 0.25) is 5.15 Å². The van der Waals surface area contributed by atoms with Gasteiger partial charge in [-0.1, -0.05) is 17.7 Å². The van der Waals surface area contributed by atoms with Crippen molar-refractivity contribution in [2.24, 2.45) is 0 Å². The molecule has 0 amide bonds. The minimum Gasteiger partial charge on any atom is -0.497 e. The van der Waals surface area contributed by atoms with E-state index in [9.17, 15) is 4.79 Å². The average molecular weight is 357 g/mol. The Hall–Kier alpha value is -1.59. The minimum absolute atomic E-state index is 0.132. The number of esters is 1. The highest BCUT2D eigenvalue weighted by Crippen LogP contribution is 2.23. The maximum absolute atomic E-state index is 12.0. The van der Waals surface area contributed by atoms with Crippen molar-refractivity contribution in [2.45, 2.75) is 6.61 Å². The lowest BCUT2D eigenvalue weighted by atomic mass is 10.2. The number of carbonyl (C=O) groups is 1. The summed E-state index contributed by atoms with van der Waals surface area (Å²) in [5.41, 5.74) is 1.17. The van der Waals surface area contributed by atoms with Crippen molar-refractivity contribution in [3.8, 4) is 5.75 Å². The number of hydrogen-bond acceptors (Lipinski definition) is 4. The van der Waals surface area contributed by atoms with E-state index in [1.807, 2.05) is 0 Å². The monoisotopic (exact) mass is 355 g/mol. The highest BCUT2D eigenvalue weighted by Gasteiger charge is 2.13. The lowest BCUT2D eigenvalue weighted by Gasteiger charge is -2.08. The summed E-state index contributed by atoms with van der Waals surface area (Å²) in [5.74, 6) is 0.152. The normalized spacial score (nSPS) is 10.2. The number of rotatable bonds is 4. The van der Waals surface area contributed by atoms with E-state index in [1.54, 1.807) is 36.5 Å². The Kier molecular flexibility index (Phi) is 4.98. The van der Waals surface area contributed by atoms with Crippen LogP contribution in [0.3, 0.4) is 0 Å². The Morgan fingerprint density at radius 2 is 2.15 bits per heavy atom. The molecule has 0 aliphatic heterocycles. The molecule has 0 fully saturated rings. The molecule has 1 heterocycles. The number of ether oxygens (including phenoxy) is 2. The largest absolute Gasteiger partial charge is 0.497 e. The van der Waals surface area contributed by atoms with Crippen LogP contribution >= 0.6 is 27.5 Å². The van der Waals surface area contributed by atoms with E-state index in [0.29, 0.717) is 20.9 Å². The molecular weight excluding hydrogens is 346 g/mol. The summed E-state index contributed by atoms with van der Waals surface area (Å²) in [6, 6.07) is 8.51. The molecule has 104 valence electrons. The minimum atomic E-state index is -0.439. The van der Waals surface area contributed by atoms with Gasteiger partial charge in [0.15, 0.2) is 0 Å². The van der Waals surface area contributed by atoms with Gasteiger partial charge in [-0.25, -0.2) is 9.78 Å². The highest BCUT2D eigenvalue weighted by atomic mass is 79.9. The van der Waals surface area contributed by atoms with E-state index in [-0.39, 0.29) is 6.61 Å². The molecule has 6 heteroatoms. The Labute approximate surface area is 129 Å². The molecule has 0 radical (unpaired) electrons. The second-order valence-electron chi connectivity index (χ2n) is 3.91. The van der Waals surface area contributed by atoms with E-state index in [2.05, 4.69) is 20.9 Å². The third-order valence-corrected chi connectivity index (χ3v) is 3.47. The standard InChI is InChI=1S/C14H11BrClNO3/c1-19-10-3-4-12(15)11(6-10)14(18)20-8-9-2-5-13(16)17-7-9/h2-7H,8H2,1H3. The number of benzene rings is 1. The quantitative estimate of drug-likeness (QED) is 0.616. The van der Waals surface area contributed by atoms with Crippen molar-refractivity contribution in [3.05, 3.63) is 57.3 Å². The molecule has 2 rings (SSSR count). The molecule has 0 unspecified atom stereocenters. The first-order chi connectivity index (χ1) is 9.60. The maximum Gasteiger partial charge on any atom is 0.339 e. The van der Waals surface area contributed by atoms with E-state index in [1.165, 1.54) is 7.11 Å². The van der Waals surface area contributed by atoms with Crippen molar-refractivity contribution in [1.82, 2.24) is 4.98 Å². The third kappa shape index (κ3) is 3.71. The van der Waals surface area contributed by atoms with E-state index in [0.717, 1.165) is 5.56 Å². The summed E-state index contributed by atoms with van der Waals surface area (Å²) in [5, 5.41) is 0.399. The van der Waals surface area contributed by atoms with Crippen molar-refractivity contribution >= 4 is 33.5 Å². The first kappa shape index (κ1) is 14.8. The van der Waals surface area contributed by atoms with Crippen LogP contribution in [0.15, 0.2) is 41.0 Å². The van der Waals surface area contributed by atoms with Crippen molar-refractivity contribution in [3.63, 3.8) is 0 Å². The van der Waals surface area contributed by atoms with E-state index < -0.39 is 5.97 Å². The van der Waals surface area contributed by atoms with Crippen LogP contribution < -0.4 is 4.74 Å². The number of carbonyl (C=O) groups excluding carboxylic acids is 1. The lowest BCUT2D eigenvalue weighted by Crippen LogP contribution is -2.06. The van der Waals surface area contributed by atoms with E-state index >= 15 is 0 Å². The molecule has 0 aliphatic carbocycles. The zero-order valence-electron chi connectivity index (χ0n) is 10.6. The molecule has 20 heavy (non-hydrogen) atoms. The first-order valence-electron chi connectivity index (χ1n) is 5.71. The molecule has 1 aromatic carbocycles. The third-order valence-electron chi connectivity index (χ3n) is 2.55. The zero-order chi connectivity index (χ0) is 14.5. The molecule has 0 atom stereocenters. The molecule has 0 saturated heterocycles. The predicted molar refractivity (Wildman–Crippen MR) is 79.1 cm³/mol. The van der Waals surface area contributed by atoms with Gasteiger partial charge in [-0.2, -0.15) is 0 Å². The van der Waals surface area contributed by atoms with Gasteiger partial charge in [0.2, 0.25) is 0 Å². The smallest absolute Gasteiger partial charge is 0.339 e. The van der Waals surface area contributed by atoms with Gasteiger partial charge in [-0.3, -0.25) is 0 Å². The van der Waals surface area contributed by atoms with Gasteiger partial charge in [0.1, 0.15) is 17.5 Å². The second-order valence-corrected chi connectivity index (χ2v) is 5.15. The summed E-state index contributed by atoms with van der Waals surface area (Å²) >= 11 is 9.00. The van der Waals surface area contributed by atoms with E-state index in [4.69, 9.17) is 21.1 Å². The SMILES string of the molecule is COc1ccc(Br)c(C(=O)OCc2ccc(Cl)nc2)c1. The van der Waals surface area contributed by atoms with Gasteiger partial charge in [-0.15, -0.1) is 0 Å². The highest BCUT2D eigenvalue weighted by molar-refractivity contribution is 9.10. The van der Waals surface area contributed by atoms with Crippen LogP contribution in [0.1, 0.15) is 15.9 Å². The predicted octanol–water partition coefficient (Wildman–Crippen LogP) is 3.86. The Balaban J connectivity index is 2.06. The van der Waals surface area contributed by atoms with Crippen LogP contribution in [0.25, 0.3) is 0 Å². The van der Waals surface area contributed by atoms with Gasteiger partial charge in [0, 0.05) is 16.2 Å². The summed E-state index contributed by atoms with van der Waals surface area (Å²) in [6.07, 6.45) is 1.57. The van der Waals surface area contributed by atoms with Gasteiger partial charge in [0.05, 0.1) is 12.7 Å². The molecule has 0 saturated carbocycles. The van der Waals surface area contributed by atoms with Gasteiger partial charge >= 0.3 is 5.97 Å². The number of halogens is 2. The first-order valence-corrected chi connectivity index (χ1v) is 6.88. The van der Waals surface area contributed by atoms with Crippen molar-refractivity contribution in [2.75, 3.05) is 7.11 Å². The molecular formula is C14H11BrClNO3. The average Bonchev–Trinajstić information content (AvgIpc) is 2.47. The fourth-order valence-electron chi connectivity index (χ4n) is 1.51. The van der Waals surface area contributed by atoms with Gasteiger partial charge < -0.3 is 9.47 Å². The van der Waals surface area contributed by atoms with Gasteiger partial charge in [-0.05, 0) is 40.2 Å². The fraction of sp³-hybridized carbons (Fsp3) is 0.143. The van der Waals surface area contributed by atoms with Crippen LogP contribution in [0, 0.1) is 0 Å². The summed E-state index contributed by atoms with van der Waals surface area (Å²) in [6.45, 7) is 0.132. The topological polar surface area (TPSA) is 48.4 Å². The molecule has 0 aliphatic rings. The molecule has 0 N–H and O–H groups in total. The number of aromatic nitrogens is 1. The number of hydrogen-bond donors (Lipinski definition) is 0. The number of methoxy groups -OCH3 is 1. The van der Waals surface area contributed by atoms with Crippen LogP contribution in [0.4, 0.5) is 0 Å². The maximum atomic E-state index is 12.0.